The zero-order chi connectivity index (χ0) is 20.8. The first-order valence-corrected chi connectivity index (χ1v) is 9.87. The number of thioether (sulfide) groups is 1. The summed E-state index contributed by atoms with van der Waals surface area (Å²) in [6, 6.07) is 14.5. The molecule has 0 aromatic heterocycles. The van der Waals surface area contributed by atoms with Crippen LogP contribution in [0.25, 0.3) is 0 Å². The lowest BCUT2D eigenvalue weighted by atomic mass is 10.1. The molecule has 3 rings (SSSR count). The highest BCUT2D eigenvalue weighted by Gasteiger charge is 2.31. The van der Waals surface area contributed by atoms with Crippen LogP contribution in [-0.4, -0.2) is 36.1 Å². The first kappa shape index (κ1) is 20.7. The van der Waals surface area contributed by atoms with Gasteiger partial charge in [-0.1, -0.05) is 36.0 Å². The van der Waals surface area contributed by atoms with E-state index in [4.69, 9.17) is 14.2 Å². The largest absolute Gasteiger partial charge is 0.497 e. The number of imide groups is 1. The number of ether oxygens (including phenoxy) is 3. The summed E-state index contributed by atoms with van der Waals surface area (Å²) in [5.74, 6) is 0.603. The highest BCUT2D eigenvalue weighted by atomic mass is 32.2. The Morgan fingerprint density at radius 1 is 1.14 bits per heavy atom. The van der Waals surface area contributed by atoms with Gasteiger partial charge >= 0.3 is 5.97 Å². The number of nitrogens with one attached hydrogen (secondary N) is 1. The van der Waals surface area contributed by atoms with Gasteiger partial charge in [0.2, 0.25) is 5.91 Å². The molecular weight excluding hydrogens is 394 g/mol. The van der Waals surface area contributed by atoms with Crippen molar-refractivity contribution in [2.45, 2.75) is 24.7 Å². The van der Waals surface area contributed by atoms with Crippen LogP contribution in [0.4, 0.5) is 4.79 Å². The van der Waals surface area contributed by atoms with Crippen LogP contribution in [0.1, 0.15) is 24.2 Å². The fraction of sp³-hybridized carbons (Fsp3) is 0.286. The number of hydrogen-bond acceptors (Lipinski definition) is 7. The van der Waals surface area contributed by atoms with Gasteiger partial charge in [-0.15, -0.1) is 0 Å². The van der Waals surface area contributed by atoms with Crippen molar-refractivity contribution in [1.29, 1.82) is 0 Å². The van der Waals surface area contributed by atoms with Crippen molar-refractivity contribution in [3.63, 3.8) is 0 Å². The number of rotatable bonds is 8. The summed E-state index contributed by atoms with van der Waals surface area (Å²) in [5, 5.41) is 1.56. The topological polar surface area (TPSA) is 90.9 Å². The van der Waals surface area contributed by atoms with Gasteiger partial charge in [-0.2, -0.15) is 0 Å². The van der Waals surface area contributed by atoms with Gasteiger partial charge in [0.05, 0.1) is 12.4 Å². The van der Waals surface area contributed by atoms with E-state index in [0.29, 0.717) is 17.9 Å². The van der Waals surface area contributed by atoms with E-state index in [1.807, 2.05) is 30.3 Å². The van der Waals surface area contributed by atoms with Crippen molar-refractivity contribution in [3.8, 4) is 11.5 Å². The van der Waals surface area contributed by atoms with E-state index in [0.717, 1.165) is 22.9 Å². The third-order valence-electron chi connectivity index (χ3n) is 4.29. The van der Waals surface area contributed by atoms with Crippen molar-refractivity contribution >= 4 is 28.9 Å². The predicted molar refractivity (Wildman–Crippen MR) is 108 cm³/mol. The zero-order valence-corrected chi connectivity index (χ0v) is 16.9. The lowest BCUT2D eigenvalue weighted by Gasteiger charge is -2.19. The highest BCUT2D eigenvalue weighted by Crippen LogP contribution is 2.26. The molecule has 1 fully saturated rings. The molecule has 8 heteroatoms. The molecule has 2 aromatic carbocycles. The van der Waals surface area contributed by atoms with Gasteiger partial charge in [0.1, 0.15) is 18.1 Å². The minimum Gasteiger partial charge on any atom is -0.497 e. The number of benzene rings is 2. The summed E-state index contributed by atoms with van der Waals surface area (Å²) < 4.78 is 16.4. The van der Waals surface area contributed by atoms with E-state index >= 15 is 0 Å². The van der Waals surface area contributed by atoms with E-state index in [9.17, 15) is 14.4 Å². The Morgan fingerprint density at radius 3 is 2.52 bits per heavy atom. The third-order valence-corrected chi connectivity index (χ3v) is 5.27. The van der Waals surface area contributed by atoms with E-state index in [1.165, 1.54) is 6.92 Å². The van der Waals surface area contributed by atoms with Crippen molar-refractivity contribution in [2.24, 2.45) is 0 Å². The first-order valence-electron chi connectivity index (χ1n) is 8.99. The second-order valence-corrected chi connectivity index (χ2v) is 7.59. The Hall–Kier alpha value is -3.00. The first-order chi connectivity index (χ1) is 13.9. The summed E-state index contributed by atoms with van der Waals surface area (Å²) >= 11 is 1.00. The van der Waals surface area contributed by atoms with E-state index in [-0.39, 0.29) is 17.8 Å². The van der Waals surface area contributed by atoms with Crippen LogP contribution in [0.2, 0.25) is 0 Å². The number of esters is 1. The summed E-state index contributed by atoms with van der Waals surface area (Å²) in [6.07, 6.45) is -0.116. The molecule has 2 amide bonds. The molecule has 0 spiro atoms. The maximum absolute atomic E-state index is 11.7. The van der Waals surface area contributed by atoms with Crippen LogP contribution in [0, 0.1) is 0 Å². The molecule has 1 aliphatic heterocycles. The second kappa shape index (κ2) is 9.47. The van der Waals surface area contributed by atoms with E-state index in [2.05, 4.69) is 5.32 Å². The molecule has 1 N–H and O–H groups in total. The Morgan fingerprint density at radius 2 is 1.90 bits per heavy atom. The lowest BCUT2D eigenvalue weighted by molar-refractivity contribution is -0.148. The van der Waals surface area contributed by atoms with Crippen LogP contribution >= 0.6 is 11.8 Å². The normalized spacial score (nSPS) is 16.8. The van der Waals surface area contributed by atoms with Crippen molar-refractivity contribution < 1.29 is 28.6 Å². The molecule has 1 heterocycles. The molecule has 2 aromatic rings. The highest BCUT2D eigenvalue weighted by molar-refractivity contribution is 8.15. The van der Waals surface area contributed by atoms with Gasteiger partial charge in [-0.3, -0.25) is 19.7 Å². The lowest BCUT2D eigenvalue weighted by Crippen LogP contribution is -2.25. The summed E-state index contributed by atoms with van der Waals surface area (Å²) in [5.41, 5.74) is 1.69. The van der Waals surface area contributed by atoms with Crippen LogP contribution in [-0.2, 0) is 20.7 Å². The SMILES string of the molecule is COc1cccc([C@H](COc2ccc(CC3SC(=O)NC3=O)cc2)OC(C)=O)c1. The smallest absolute Gasteiger partial charge is 0.303 e. The molecule has 0 radical (unpaired) electrons. The average Bonchev–Trinajstić information content (AvgIpc) is 3.02. The Bertz CT molecular complexity index is 898. The minimum atomic E-state index is -0.577. The molecule has 1 aliphatic rings. The van der Waals surface area contributed by atoms with Crippen molar-refractivity contribution in [2.75, 3.05) is 13.7 Å². The van der Waals surface area contributed by atoms with Gasteiger partial charge in [0.25, 0.3) is 5.24 Å². The average molecular weight is 415 g/mol. The van der Waals surface area contributed by atoms with Gasteiger partial charge in [0, 0.05) is 6.92 Å². The molecule has 0 aliphatic carbocycles. The van der Waals surface area contributed by atoms with Crippen LogP contribution < -0.4 is 14.8 Å². The quantitative estimate of drug-likeness (QED) is 0.662. The number of methoxy groups -OCH3 is 1. The Balaban J connectivity index is 1.62. The molecule has 7 nitrogen and oxygen atoms in total. The fourth-order valence-corrected chi connectivity index (χ4v) is 3.74. The molecule has 29 heavy (non-hydrogen) atoms. The molecule has 0 bridgehead atoms. The summed E-state index contributed by atoms with van der Waals surface area (Å²) in [7, 11) is 1.57. The molecule has 1 unspecified atom stereocenters. The molecule has 1 saturated heterocycles. The minimum absolute atomic E-state index is 0.140. The van der Waals surface area contributed by atoms with Gasteiger partial charge in [-0.25, -0.2) is 0 Å². The summed E-state index contributed by atoms with van der Waals surface area (Å²) in [6.45, 7) is 1.49. The number of amides is 2. The number of carbonyl (C=O) groups excluding carboxylic acids is 3. The van der Waals surface area contributed by atoms with E-state index in [1.54, 1.807) is 25.3 Å². The Kier molecular flexibility index (Phi) is 6.77. The number of carbonyl (C=O) groups is 3. The third kappa shape index (κ3) is 5.74. The molecule has 0 saturated carbocycles. The van der Waals surface area contributed by atoms with Crippen molar-refractivity contribution in [1.82, 2.24) is 5.32 Å². The standard InChI is InChI=1S/C21H21NO6S/c1-13(23)28-18(15-4-3-5-17(11-15)26-2)12-27-16-8-6-14(7-9-16)10-19-20(24)22-21(25)29-19/h3-9,11,18-19H,10,12H2,1-2H3,(H,22,24,25)/t18-,19?/m0/s1. The Labute approximate surface area is 172 Å². The second-order valence-electron chi connectivity index (χ2n) is 6.42. The molecule has 152 valence electrons. The van der Waals surface area contributed by atoms with Crippen LogP contribution in [0.3, 0.4) is 0 Å². The van der Waals surface area contributed by atoms with Crippen molar-refractivity contribution in [3.05, 3.63) is 59.7 Å². The monoisotopic (exact) mass is 415 g/mol. The molecular formula is C21H21NO6S. The zero-order valence-electron chi connectivity index (χ0n) is 16.0. The van der Waals surface area contributed by atoms with E-state index < -0.39 is 17.3 Å². The predicted octanol–water partition coefficient (Wildman–Crippen LogP) is 3.27. The number of hydrogen-bond donors (Lipinski definition) is 1. The van der Waals surface area contributed by atoms with Gasteiger partial charge in [-0.05, 0) is 41.8 Å². The maximum Gasteiger partial charge on any atom is 0.303 e. The summed E-state index contributed by atoms with van der Waals surface area (Å²) in [4.78, 5) is 34.4. The molecule has 2 atom stereocenters. The van der Waals surface area contributed by atoms with Crippen LogP contribution in [0.15, 0.2) is 48.5 Å². The van der Waals surface area contributed by atoms with Crippen LogP contribution in [0.5, 0.6) is 11.5 Å². The maximum atomic E-state index is 11.7. The fourth-order valence-electron chi connectivity index (χ4n) is 2.88. The van der Waals surface area contributed by atoms with Gasteiger partial charge in [0.15, 0.2) is 6.10 Å². The van der Waals surface area contributed by atoms with Gasteiger partial charge < -0.3 is 14.2 Å².